The van der Waals surface area contributed by atoms with Crippen LogP contribution >= 0.6 is 0 Å². The van der Waals surface area contributed by atoms with Gasteiger partial charge in [-0.05, 0) is 31.7 Å². The van der Waals surface area contributed by atoms with Crippen LogP contribution in [-0.4, -0.2) is 48.2 Å². The van der Waals surface area contributed by atoms with E-state index in [2.05, 4.69) is 17.1 Å². The molecule has 0 aromatic rings. The van der Waals surface area contributed by atoms with E-state index in [1.165, 1.54) is 12.8 Å². The van der Waals surface area contributed by atoms with Crippen LogP contribution in [0.5, 0.6) is 0 Å². The van der Waals surface area contributed by atoms with Crippen LogP contribution < -0.4 is 5.32 Å². The summed E-state index contributed by atoms with van der Waals surface area (Å²) in [5, 5.41) is 12.3. The zero-order valence-corrected chi connectivity index (χ0v) is 9.98. The maximum atomic E-state index is 11.0. The Kier molecular flexibility index (Phi) is 3.82. The van der Waals surface area contributed by atoms with Crippen molar-refractivity contribution < 1.29 is 9.90 Å². The quantitative estimate of drug-likeness (QED) is 0.730. The first kappa shape index (κ1) is 11.9. The Bertz CT molecular complexity index is 257. The Balaban J connectivity index is 1.90. The topological polar surface area (TPSA) is 52.6 Å². The molecule has 0 radical (unpaired) electrons. The molecule has 0 unspecified atom stereocenters. The van der Waals surface area contributed by atoms with Gasteiger partial charge in [0.1, 0.15) is 0 Å². The number of nitrogens with zero attached hydrogens (tertiary/aromatic N) is 1. The highest BCUT2D eigenvalue weighted by molar-refractivity contribution is 5.70. The van der Waals surface area contributed by atoms with E-state index in [4.69, 9.17) is 5.11 Å². The van der Waals surface area contributed by atoms with Crippen LogP contribution in [-0.2, 0) is 4.79 Å². The van der Waals surface area contributed by atoms with E-state index >= 15 is 0 Å². The van der Waals surface area contributed by atoms with Crippen LogP contribution in [0.25, 0.3) is 0 Å². The summed E-state index contributed by atoms with van der Waals surface area (Å²) in [6, 6.07) is 0.428. The molecule has 2 N–H and O–H groups in total. The lowest BCUT2D eigenvalue weighted by molar-refractivity contribution is -0.143. The SMILES string of the molecule is C[C@@H]1CCCN([C@@H]2CNC[C@@H](C(=O)O)C2)C1. The van der Waals surface area contributed by atoms with Gasteiger partial charge in [-0.25, -0.2) is 0 Å². The van der Waals surface area contributed by atoms with Gasteiger partial charge in [-0.3, -0.25) is 9.69 Å². The van der Waals surface area contributed by atoms with Gasteiger partial charge in [0.15, 0.2) is 0 Å². The molecule has 2 saturated heterocycles. The largest absolute Gasteiger partial charge is 0.481 e. The predicted molar refractivity (Wildman–Crippen MR) is 62.4 cm³/mol. The molecular weight excluding hydrogens is 204 g/mol. The van der Waals surface area contributed by atoms with Crippen LogP contribution in [0.3, 0.4) is 0 Å². The average Bonchev–Trinajstić information content (AvgIpc) is 2.29. The summed E-state index contributed by atoms with van der Waals surface area (Å²) in [4.78, 5) is 13.5. The highest BCUT2D eigenvalue weighted by Crippen LogP contribution is 2.22. The van der Waals surface area contributed by atoms with Crippen molar-refractivity contribution in [1.82, 2.24) is 10.2 Å². The monoisotopic (exact) mass is 226 g/mol. The summed E-state index contributed by atoms with van der Waals surface area (Å²) in [7, 11) is 0. The van der Waals surface area contributed by atoms with Crippen molar-refractivity contribution in [3.8, 4) is 0 Å². The number of rotatable bonds is 2. The number of hydrogen-bond acceptors (Lipinski definition) is 3. The highest BCUT2D eigenvalue weighted by atomic mass is 16.4. The van der Waals surface area contributed by atoms with E-state index < -0.39 is 5.97 Å². The first-order valence-electron chi connectivity index (χ1n) is 6.34. The minimum Gasteiger partial charge on any atom is -0.481 e. The van der Waals surface area contributed by atoms with Gasteiger partial charge in [-0.1, -0.05) is 6.92 Å². The van der Waals surface area contributed by atoms with Crippen LogP contribution in [0.4, 0.5) is 0 Å². The third-order valence-electron chi connectivity index (χ3n) is 3.88. The van der Waals surface area contributed by atoms with Gasteiger partial charge in [-0.2, -0.15) is 0 Å². The van der Waals surface area contributed by atoms with E-state index in [0.29, 0.717) is 12.6 Å². The van der Waals surface area contributed by atoms with Crippen molar-refractivity contribution in [2.24, 2.45) is 11.8 Å². The second kappa shape index (κ2) is 5.15. The van der Waals surface area contributed by atoms with Crippen molar-refractivity contribution in [1.29, 1.82) is 0 Å². The molecule has 2 aliphatic rings. The van der Waals surface area contributed by atoms with E-state index in [1.807, 2.05) is 0 Å². The molecule has 2 rings (SSSR count). The van der Waals surface area contributed by atoms with Crippen LogP contribution in [0.2, 0.25) is 0 Å². The van der Waals surface area contributed by atoms with E-state index in [-0.39, 0.29) is 5.92 Å². The fourth-order valence-electron chi connectivity index (χ4n) is 2.94. The summed E-state index contributed by atoms with van der Waals surface area (Å²) >= 11 is 0. The molecule has 0 bridgehead atoms. The summed E-state index contributed by atoms with van der Waals surface area (Å²) in [5.74, 6) is -0.0859. The number of nitrogens with one attached hydrogen (secondary N) is 1. The lowest BCUT2D eigenvalue weighted by atomic mass is 9.91. The van der Waals surface area contributed by atoms with E-state index in [1.54, 1.807) is 0 Å². The summed E-state index contributed by atoms with van der Waals surface area (Å²) in [6.45, 7) is 6.16. The van der Waals surface area contributed by atoms with Crippen LogP contribution in [0.1, 0.15) is 26.2 Å². The van der Waals surface area contributed by atoms with E-state index in [9.17, 15) is 4.79 Å². The molecule has 0 aromatic heterocycles. The molecule has 4 heteroatoms. The number of aliphatic carboxylic acids is 1. The summed E-state index contributed by atoms with van der Waals surface area (Å²) < 4.78 is 0. The molecule has 4 nitrogen and oxygen atoms in total. The number of piperidine rings is 2. The van der Waals surface area contributed by atoms with Crippen molar-refractivity contribution >= 4 is 5.97 Å². The van der Waals surface area contributed by atoms with Crippen molar-refractivity contribution in [3.63, 3.8) is 0 Å². The summed E-state index contributed by atoms with van der Waals surface area (Å²) in [5.41, 5.74) is 0. The van der Waals surface area contributed by atoms with Crippen LogP contribution in [0, 0.1) is 11.8 Å². The number of likely N-dealkylation sites (tertiary alicyclic amines) is 1. The molecule has 0 amide bonds. The molecule has 16 heavy (non-hydrogen) atoms. The lowest BCUT2D eigenvalue weighted by Crippen LogP contribution is -2.53. The number of carbonyl (C=O) groups is 1. The van der Waals surface area contributed by atoms with Gasteiger partial charge in [0.25, 0.3) is 0 Å². The molecule has 0 aliphatic carbocycles. The maximum Gasteiger partial charge on any atom is 0.307 e. The van der Waals surface area contributed by atoms with Gasteiger partial charge in [0, 0.05) is 25.7 Å². The van der Waals surface area contributed by atoms with Gasteiger partial charge in [0.05, 0.1) is 5.92 Å². The molecule has 2 fully saturated rings. The summed E-state index contributed by atoms with van der Waals surface area (Å²) in [6.07, 6.45) is 3.39. The molecule has 0 spiro atoms. The molecule has 0 saturated carbocycles. The molecule has 92 valence electrons. The van der Waals surface area contributed by atoms with E-state index in [0.717, 1.165) is 32.0 Å². The standard InChI is InChI=1S/C12H22N2O2/c1-9-3-2-4-14(8-9)11-5-10(12(15)16)6-13-7-11/h9-11,13H,2-8H2,1H3,(H,15,16)/t9-,10+,11+/m1/s1. The maximum absolute atomic E-state index is 11.0. The Morgan fingerprint density at radius 1 is 1.44 bits per heavy atom. The first-order chi connectivity index (χ1) is 7.66. The Morgan fingerprint density at radius 3 is 2.94 bits per heavy atom. The molecule has 2 aliphatic heterocycles. The fourth-order valence-corrected chi connectivity index (χ4v) is 2.94. The lowest BCUT2D eigenvalue weighted by Gasteiger charge is -2.40. The molecule has 0 aromatic carbocycles. The molecular formula is C12H22N2O2. The minimum absolute atomic E-state index is 0.198. The molecule has 3 atom stereocenters. The Labute approximate surface area is 97.0 Å². The van der Waals surface area contributed by atoms with Crippen LogP contribution in [0.15, 0.2) is 0 Å². The van der Waals surface area contributed by atoms with Crippen molar-refractivity contribution in [2.75, 3.05) is 26.2 Å². The number of hydrogen-bond donors (Lipinski definition) is 2. The molecule has 2 heterocycles. The third-order valence-corrected chi connectivity index (χ3v) is 3.88. The first-order valence-corrected chi connectivity index (χ1v) is 6.34. The van der Waals surface area contributed by atoms with Gasteiger partial charge in [-0.15, -0.1) is 0 Å². The minimum atomic E-state index is -0.651. The second-order valence-corrected chi connectivity index (χ2v) is 5.33. The zero-order valence-electron chi connectivity index (χ0n) is 9.98. The highest BCUT2D eigenvalue weighted by Gasteiger charge is 2.31. The predicted octanol–water partition coefficient (Wildman–Crippen LogP) is 0.781. The average molecular weight is 226 g/mol. The zero-order chi connectivity index (χ0) is 11.5. The normalized spacial score (nSPS) is 37.2. The fraction of sp³-hybridized carbons (Fsp3) is 0.917. The van der Waals surface area contributed by atoms with Gasteiger partial charge in [0.2, 0.25) is 0 Å². The number of carboxylic acid groups (broad SMARTS) is 1. The van der Waals surface area contributed by atoms with Gasteiger partial charge < -0.3 is 10.4 Å². The smallest absolute Gasteiger partial charge is 0.307 e. The van der Waals surface area contributed by atoms with Gasteiger partial charge >= 0.3 is 5.97 Å². The third kappa shape index (κ3) is 2.74. The van der Waals surface area contributed by atoms with Crippen molar-refractivity contribution in [2.45, 2.75) is 32.2 Å². The second-order valence-electron chi connectivity index (χ2n) is 5.33. The Morgan fingerprint density at radius 2 is 2.25 bits per heavy atom. The van der Waals surface area contributed by atoms with Crippen molar-refractivity contribution in [3.05, 3.63) is 0 Å². The number of carboxylic acids is 1. The Hall–Kier alpha value is -0.610.